The smallest absolute Gasteiger partial charge is 0.0593 e. The molecule has 0 saturated carbocycles. The first kappa shape index (κ1) is 11.7. The minimum atomic E-state index is 0.599. The lowest BCUT2D eigenvalue weighted by atomic mass is 9.97. The van der Waals surface area contributed by atoms with Crippen molar-refractivity contribution in [2.45, 2.75) is 18.9 Å². The minimum Gasteiger partial charge on any atom is -0.380 e. The van der Waals surface area contributed by atoms with Crippen LogP contribution >= 0.6 is 11.8 Å². The van der Waals surface area contributed by atoms with E-state index in [1.54, 1.807) is 0 Å². The third-order valence-corrected chi connectivity index (χ3v) is 4.66. The molecule has 0 bridgehead atoms. The molecule has 0 aromatic carbocycles. The molecule has 2 unspecified atom stereocenters. The van der Waals surface area contributed by atoms with Gasteiger partial charge in [-0.2, -0.15) is 11.8 Å². The molecule has 0 aromatic rings. The second-order valence-electron chi connectivity index (χ2n) is 4.43. The van der Waals surface area contributed by atoms with E-state index in [1.807, 2.05) is 0 Å². The highest BCUT2D eigenvalue weighted by atomic mass is 32.2. The van der Waals surface area contributed by atoms with Gasteiger partial charge in [-0.3, -0.25) is 4.90 Å². The van der Waals surface area contributed by atoms with Crippen LogP contribution in [0.5, 0.6) is 0 Å². The molecular weight excluding hydrogens is 208 g/mol. The molecule has 0 aromatic heterocycles. The summed E-state index contributed by atoms with van der Waals surface area (Å²) in [4.78, 5) is 2.56. The molecule has 0 radical (unpaired) electrons. The third-order valence-electron chi connectivity index (χ3n) is 3.48. The maximum absolute atomic E-state index is 5.94. The van der Waals surface area contributed by atoms with Crippen molar-refractivity contribution in [1.82, 2.24) is 4.90 Å². The number of nitrogens with zero attached hydrogens (tertiary/aromatic N) is 1. The second kappa shape index (κ2) is 6.09. The quantitative estimate of drug-likeness (QED) is 0.778. The molecule has 2 N–H and O–H groups in total. The van der Waals surface area contributed by atoms with Crippen LogP contribution in [0.25, 0.3) is 0 Å². The summed E-state index contributed by atoms with van der Waals surface area (Å²) in [7, 11) is 0. The second-order valence-corrected chi connectivity index (χ2v) is 5.58. The molecule has 2 rings (SSSR count). The Morgan fingerprint density at radius 1 is 1.40 bits per heavy atom. The van der Waals surface area contributed by atoms with E-state index in [0.717, 1.165) is 38.6 Å². The van der Waals surface area contributed by atoms with Gasteiger partial charge in [0.05, 0.1) is 6.61 Å². The molecule has 2 saturated heterocycles. The van der Waals surface area contributed by atoms with E-state index < -0.39 is 0 Å². The molecule has 0 aliphatic carbocycles. The van der Waals surface area contributed by atoms with E-state index in [2.05, 4.69) is 16.7 Å². The third kappa shape index (κ3) is 3.09. The van der Waals surface area contributed by atoms with Crippen molar-refractivity contribution in [2.75, 3.05) is 44.4 Å². The zero-order chi connectivity index (χ0) is 10.5. The standard InChI is InChI=1S/C11H22N2OS/c12-8-11(10-2-7-15-9-10)13-3-1-5-14-6-4-13/h10-11H,1-9,12H2. The number of ether oxygens (including phenoxy) is 1. The average Bonchev–Trinajstić information content (AvgIpc) is 2.63. The van der Waals surface area contributed by atoms with Gasteiger partial charge in [0.1, 0.15) is 0 Å². The summed E-state index contributed by atoms with van der Waals surface area (Å²) in [5, 5.41) is 0. The van der Waals surface area contributed by atoms with Gasteiger partial charge in [0.2, 0.25) is 0 Å². The van der Waals surface area contributed by atoms with Crippen LogP contribution < -0.4 is 5.73 Å². The fraction of sp³-hybridized carbons (Fsp3) is 1.00. The summed E-state index contributed by atoms with van der Waals surface area (Å²) in [6.45, 7) is 4.86. The summed E-state index contributed by atoms with van der Waals surface area (Å²) < 4.78 is 5.49. The molecule has 2 atom stereocenters. The summed E-state index contributed by atoms with van der Waals surface area (Å²) in [5.74, 6) is 3.45. The molecule has 4 heteroatoms. The molecule has 0 spiro atoms. The van der Waals surface area contributed by atoms with Gasteiger partial charge in [-0.1, -0.05) is 0 Å². The highest BCUT2D eigenvalue weighted by Gasteiger charge is 2.29. The summed E-state index contributed by atoms with van der Waals surface area (Å²) in [6.07, 6.45) is 2.51. The van der Waals surface area contributed by atoms with E-state index >= 15 is 0 Å². The molecule has 2 fully saturated rings. The van der Waals surface area contributed by atoms with E-state index in [-0.39, 0.29) is 0 Å². The molecule has 15 heavy (non-hydrogen) atoms. The van der Waals surface area contributed by atoms with Crippen LogP contribution in [0.15, 0.2) is 0 Å². The van der Waals surface area contributed by atoms with Crippen LogP contribution in [0.2, 0.25) is 0 Å². The Balaban J connectivity index is 1.91. The van der Waals surface area contributed by atoms with Gasteiger partial charge >= 0.3 is 0 Å². The number of hydrogen-bond donors (Lipinski definition) is 1. The Kier molecular flexibility index (Phi) is 4.75. The van der Waals surface area contributed by atoms with Crippen molar-refractivity contribution in [2.24, 2.45) is 11.7 Å². The van der Waals surface area contributed by atoms with E-state index in [4.69, 9.17) is 10.5 Å². The van der Waals surface area contributed by atoms with Crippen molar-refractivity contribution in [1.29, 1.82) is 0 Å². The van der Waals surface area contributed by atoms with Crippen molar-refractivity contribution in [3.63, 3.8) is 0 Å². The minimum absolute atomic E-state index is 0.599. The van der Waals surface area contributed by atoms with Gasteiger partial charge < -0.3 is 10.5 Å². The van der Waals surface area contributed by atoms with Gasteiger partial charge in [0.15, 0.2) is 0 Å². The van der Waals surface area contributed by atoms with Gasteiger partial charge in [-0.05, 0) is 30.3 Å². The van der Waals surface area contributed by atoms with Gasteiger partial charge in [0.25, 0.3) is 0 Å². The predicted molar refractivity (Wildman–Crippen MR) is 65.3 cm³/mol. The summed E-state index contributed by atoms with van der Waals surface area (Å²) >= 11 is 2.08. The monoisotopic (exact) mass is 230 g/mol. The Hall–Kier alpha value is 0.230. The van der Waals surface area contributed by atoms with Gasteiger partial charge in [-0.15, -0.1) is 0 Å². The lowest BCUT2D eigenvalue weighted by Gasteiger charge is -2.33. The summed E-state index contributed by atoms with van der Waals surface area (Å²) in [5.41, 5.74) is 5.94. The Morgan fingerprint density at radius 2 is 2.33 bits per heavy atom. The van der Waals surface area contributed by atoms with E-state index in [0.29, 0.717) is 6.04 Å². The van der Waals surface area contributed by atoms with Crippen molar-refractivity contribution >= 4 is 11.8 Å². The van der Waals surface area contributed by atoms with Crippen LogP contribution in [-0.2, 0) is 4.74 Å². The van der Waals surface area contributed by atoms with Crippen molar-refractivity contribution in [3.05, 3.63) is 0 Å². The van der Waals surface area contributed by atoms with E-state index in [9.17, 15) is 0 Å². The van der Waals surface area contributed by atoms with Crippen LogP contribution in [0.4, 0.5) is 0 Å². The molecule has 88 valence electrons. The molecular formula is C11H22N2OS. The number of rotatable bonds is 3. The normalized spacial score (nSPS) is 31.4. The van der Waals surface area contributed by atoms with Crippen LogP contribution in [0.1, 0.15) is 12.8 Å². The van der Waals surface area contributed by atoms with Crippen LogP contribution in [0, 0.1) is 5.92 Å². The predicted octanol–water partition coefficient (Wildman–Crippen LogP) is 0.789. The van der Waals surface area contributed by atoms with Crippen LogP contribution in [-0.4, -0.2) is 55.3 Å². The molecule has 3 nitrogen and oxygen atoms in total. The highest BCUT2D eigenvalue weighted by Crippen LogP contribution is 2.28. The molecule has 2 aliphatic rings. The van der Waals surface area contributed by atoms with Gasteiger partial charge in [-0.25, -0.2) is 0 Å². The van der Waals surface area contributed by atoms with Gasteiger partial charge in [0, 0.05) is 32.3 Å². The largest absolute Gasteiger partial charge is 0.380 e. The maximum atomic E-state index is 5.94. The van der Waals surface area contributed by atoms with Crippen molar-refractivity contribution in [3.8, 4) is 0 Å². The van der Waals surface area contributed by atoms with Crippen molar-refractivity contribution < 1.29 is 4.74 Å². The topological polar surface area (TPSA) is 38.5 Å². The first-order valence-corrected chi connectivity index (χ1v) is 7.17. The number of hydrogen-bond acceptors (Lipinski definition) is 4. The number of nitrogens with two attached hydrogens (primary N) is 1. The molecule has 2 heterocycles. The Bertz CT molecular complexity index is 177. The summed E-state index contributed by atoms with van der Waals surface area (Å²) in [6, 6.07) is 0.599. The average molecular weight is 230 g/mol. The lowest BCUT2D eigenvalue weighted by Crippen LogP contribution is -2.46. The number of thioether (sulfide) groups is 1. The Labute approximate surface area is 96.7 Å². The zero-order valence-electron chi connectivity index (χ0n) is 9.36. The van der Waals surface area contributed by atoms with Crippen LogP contribution in [0.3, 0.4) is 0 Å². The zero-order valence-corrected chi connectivity index (χ0v) is 10.2. The SMILES string of the molecule is NCC(C1CCSC1)N1CCCOCC1. The molecule has 2 aliphatic heterocycles. The lowest BCUT2D eigenvalue weighted by molar-refractivity contribution is 0.120. The van der Waals surface area contributed by atoms with E-state index in [1.165, 1.54) is 24.5 Å². The first-order chi connectivity index (χ1) is 7.42. The Morgan fingerprint density at radius 3 is 3.07 bits per heavy atom. The fourth-order valence-electron chi connectivity index (χ4n) is 2.59. The first-order valence-electron chi connectivity index (χ1n) is 6.01. The fourth-order valence-corrected chi connectivity index (χ4v) is 3.92. The maximum Gasteiger partial charge on any atom is 0.0593 e. The molecule has 0 amide bonds. The highest BCUT2D eigenvalue weighted by molar-refractivity contribution is 7.99.